The molecule has 0 aliphatic heterocycles. The minimum absolute atomic E-state index is 0.644. The summed E-state index contributed by atoms with van der Waals surface area (Å²) in [5.41, 5.74) is 0. The van der Waals surface area contributed by atoms with Gasteiger partial charge in [-0.05, 0) is 6.08 Å². The van der Waals surface area contributed by atoms with Crippen LogP contribution in [-0.4, -0.2) is 4.33 Å². The van der Waals surface area contributed by atoms with Crippen LogP contribution in [0.25, 0.3) is 0 Å². The smallest absolute Gasteiger partial charge is 0.0966 e. The number of rotatable bonds is 0. The molecule has 0 spiro atoms. The number of hydrogen-bond acceptors (Lipinski definition) is 0. The molecule has 0 aromatic heterocycles. The summed E-state index contributed by atoms with van der Waals surface area (Å²) in [7, 11) is 0. The minimum Gasteiger partial charge on any atom is -0.0966 e. The predicted molar refractivity (Wildman–Crippen MR) is 37.3 cm³/mol. The Bertz CT molecular complexity index is 133. The van der Waals surface area contributed by atoms with Crippen LogP contribution in [0, 0.1) is 0 Å². The first-order valence-corrected chi connectivity index (χ1v) is 3.18. The molecule has 1 aliphatic rings. The van der Waals surface area contributed by atoms with Crippen molar-refractivity contribution in [1.82, 2.24) is 0 Å². The summed E-state index contributed by atoms with van der Waals surface area (Å²) in [5, 5.41) is 0. The summed E-state index contributed by atoms with van der Waals surface area (Å²) in [5.74, 6) is 0. The average Bonchev–Trinajstić information content (AvgIpc) is 1.65. The van der Waals surface area contributed by atoms with E-state index in [2.05, 4.69) is 0 Å². The zero-order valence-corrected chi connectivity index (χ0v) is 5.78. The molecule has 0 saturated heterocycles. The van der Waals surface area contributed by atoms with E-state index in [0.717, 1.165) is 0 Å². The molecule has 0 radical (unpaired) electrons. The normalized spacial score (nSPS) is 23.8. The highest BCUT2D eigenvalue weighted by molar-refractivity contribution is 6.50. The van der Waals surface area contributed by atoms with Crippen LogP contribution < -0.4 is 0 Å². The summed E-state index contributed by atoms with van der Waals surface area (Å²) in [6, 6.07) is 0. The number of hydrogen-bond donors (Lipinski definition) is 0. The molecule has 0 N–H and O–H groups in total. The second-order valence-corrected chi connectivity index (χ2v) is 3.29. The molecule has 1 aliphatic carbocycles. The van der Waals surface area contributed by atoms with Crippen LogP contribution in [-0.2, 0) is 0 Å². The van der Waals surface area contributed by atoms with Gasteiger partial charge in [-0.15, -0.1) is 0 Å². The molecule has 8 heavy (non-hydrogen) atoms. The molecular weight excluding hydrogens is 143 g/mol. The van der Waals surface area contributed by atoms with Crippen molar-refractivity contribution in [3.63, 3.8) is 0 Å². The SMILES string of the molecule is ClC1(Cl)C=CC=CC1. The van der Waals surface area contributed by atoms with Crippen molar-refractivity contribution in [2.24, 2.45) is 0 Å². The molecule has 0 fully saturated rings. The second-order valence-electron chi connectivity index (χ2n) is 1.75. The van der Waals surface area contributed by atoms with E-state index in [0.29, 0.717) is 6.42 Å². The largest absolute Gasteiger partial charge is 0.140 e. The summed E-state index contributed by atoms with van der Waals surface area (Å²) < 4.78 is -0.644. The lowest BCUT2D eigenvalue weighted by Crippen LogP contribution is -2.07. The first-order chi connectivity index (χ1) is 3.71. The topological polar surface area (TPSA) is 0 Å². The fraction of sp³-hybridized carbons (Fsp3) is 0.333. The van der Waals surface area contributed by atoms with E-state index in [-0.39, 0.29) is 0 Å². The van der Waals surface area contributed by atoms with Gasteiger partial charge in [-0.3, -0.25) is 0 Å². The van der Waals surface area contributed by atoms with Crippen LogP contribution in [0.2, 0.25) is 0 Å². The zero-order chi connectivity index (χ0) is 6.04. The molecule has 0 nitrogen and oxygen atoms in total. The highest BCUT2D eigenvalue weighted by atomic mass is 35.5. The maximum Gasteiger partial charge on any atom is 0.140 e. The highest BCUT2D eigenvalue weighted by Gasteiger charge is 2.18. The van der Waals surface area contributed by atoms with E-state index >= 15 is 0 Å². The van der Waals surface area contributed by atoms with Crippen LogP contribution in [0.15, 0.2) is 24.3 Å². The molecule has 0 amide bonds. The Morgan fingerprint density at radius 2 is 2.00 bits per heavy atom. The first kappa shape index (κ1) is 6.18. The van der Waals surface area contributed by atoms with Gasteiger partial charge in [0.05, 0.1) is 0 Å². The van der Waals surface area contributed by atoms with Crippen LogP contribution >= 0.6 is 23.2 Å². The second kappa shape index (κ2) is 2.12. The highest BCUT2D eigenvalue weighted by Crippen LogP contribution is 2.29. The summed E-state index contributed by atoms with van der Waals surface area (Å²) in [4.78, 5) is 0. The van der Waals surface area contributed by atoms with Crippen molar-refractivity contribution in [2.75, 3.05) is 0 Å². The molecule has 0 atom stereocenters. The van der Waals surface area contributed by atoms with Gasteiger partial charge >= 0.3 is 0 Å². The van der Waals surface area contributed by atoms with E-state index in [9.17, 15) is 0 Å². The Hall–Kier alpha value is 0.0600. The van der Waals surface area contributed by atoms with Crippen molar-refractivity contribution < 1.29 is 0 Å². The lowest BCUT2D eigenvalue weighted by atomic mass is 10.2. The van der Waals surface area contributed by atoms with Crippen LogP contribution in [0.4, 0.5) is 0 Å². The third-order valence-corrected chi connectivity index (χ3v) is 1.54. The first-order valence-electron chi connectivity index (χ1n) is 2.43. The number of alkyl halides is 2. The van der Waals surface area contributed by atoms with E-state index in [4.69, 9.17) is 23.2 Å². The Morgan fingerprint density at radius 3 is 2.25 bits per heavy atom. The fourth-order valence-corrected chi connectivity index (χ4v) is 0.892. The molecule has 0 bridgehead atoms. The maximum atomic E-state index is 5.70. The van der Waals surface area contributed by atoms with Crippen molar-refractivity contribution in [2.45, 2.75) is 10.8 Å². The zero-order valence-electron chi connectivity index (χ0n) is 4.27. The molecule has 0 aromatic rings. The quantitative estimate of drug-likeness (QED) is 0.464. The molecular formula is C6H6Cl2. The van der Waals surface area contributed by atoms with Crippen molar-refractivity contribution in [3.8, 4) is 0 Å². The van der Waals surface area contributed by atoms with E-state index in [1.165, 1.54) is 0 Å². The molecule has 0 unspecified atom stereocenters. The van der Waals surface area contributed by atoms with Crippen LogP contribution in [0.1, 0.15) is 6.42 Å². The molecule has 0 heterocycles. The monoisotopic (exact) mass is 148 g/mol. The lowest BCUT2D eigenvalue weighted by Gasteiger charge is -2.13. The van der Waals surface area contributed by atoms with Gasteiger partial charge in [0, 0.05) is 6.42 Å². The molecule has 44 valence electrons. The maximum absolute atomic E-state index is 5.70. The number of allylic oxidation sites excluding steroid dienone is 4. The third kappa shape index (κ3) is 1.53. The Kier molecular flexibility index (Phi) is 1.64. The van der Waals surface area contributed by atoms with Crippen LogP contribution in [0.5, 0.6) is 0 Å². The van der Waals surface area contributed by atoms with Gasteiger partial charge in [0.2, 0.25) is 0 Å². The number of halogens is 2. The summed E-state index contributed by atoms with van der Waals surface area (Å²) in [6.45, 7) is 0. The van der Waals surface area contributed by atoms with Gasteiger partial charge in [0.1, 0.15) is 4.33 Å². The Balaban J connectivity index is 2.65. The molecule has 0 aromatic carbocycles. The average molecular weight is 149 g/mol. The van der Waals surface area contributed by atoms with Gasteiger partial charge in [0.15, 0.2) is 0 Å². The molecule has 1 rings (SSSR count). The summed E-state index contributed by atoms with van der Waals surface area (Å²) >= 11 is 11.4. The summed E-state index contributed by atoms with van der Waals surface area (Å²) in [6.07, 6.45) is 8.22. The Morgan fingerprint density at radius 1 is 1.25 bits per heavy atom. The van der Waals surface area contributed by atoms with E-state index in [1.807, 2.05) is 18.2 Å². The van der Waals surface area contributed by atoms with Gasteiger partial charge in [-0.25, -0.2) is 0 Å². The van der Waals surface area contributed by atoms with Gasteiger partial charge in [-0.1, -0.05) is 41.4 Å². The molecule has 0 saturated carbocycles. The minimum atomic E-state index is -0.644. The predicted octanol–water partition coefficient (Wildman–Crippen LogP) is 2.68. The fourth-order valence-electron chi connectivity index (χ4n) is 0.568. The van der Waals surface area contributed by atoms with E-state index < -0.39 is 4.33 Å². The van der Waals surface area contributed by atoms with Crippen LogP contribution in [0.3, 0.4) is 0 Å². The Labute approximate surface area is 58.8 Å². The van der Waals surface area contributed by atoms with Crippen molar-refractivity contribution in [1.29, 1.82) is 0 Å². The van der Waals surface area contributed by atoms with Crippen molar-refractivity contribution in [3.05, 3.63) is 24.3 Å². The standard InChI is InChI=1S/C6H6Cl2/c7-6(8)4-2-1-3-5-6/h1-4H,5H2. The van der Waals surface area contributed by atoms with Gasteiger partial charge in [-0.2, -0.15) is 0 Å². The van der Waals surface area contributed by atoms with E-state index in [1.54, 1.807) is 6.08 Å². The molecule has 2 heteroatoms. The van der Waals surface area contributed by atoms with Gasteiger partial charge in [0.25, 0.3) is 0 Å². The van der Waals surface area contributed by atoms with Gasteiger partial charge < -0.3 is 0 Å². The lowest BCUT2D eigenvalue weighted by molar-refractivity contribution is 0.961. The third-order valence-electron chi connectivity index (χ3n) is 0.977. The van der Waals surface area contributed by atoms with Crippen molar-refractivity contribution >= 4 is 23.2 Å².